The molecule has 30 heavy (non-hydrogen) atoms. The molecule has 1 aromatic heterocycles. The number of nitrogens with one attached hydrogen (secondary N) is 1. The third kappa shape index (κ3) is 4.59. The normalized spacial score (nSPS) is 11.1. The van der Waals surface area contributed by atoms with Crippen molar-refractivity contribution in [2.75, 3.05) is 5.32 Å². The standard InChI is InChI=1S/C23H17N3O3S/c27-22(14-11-17-5-1-3-7-20(17)26(28)29)24-18-12-9-16(10-13-18)15-23-25-19-6-2-4-8-21(19)30-23/h1-14H,15H2,(H,24,27). The van der Waals surface area contributed by atoms with Crippen LogP contribution < -0.4 is 5.32 Å². The number of hydrogen-bond donors (Lipinski definition) is 1. The Kier molecular flexibility index (Phi) is 5.63. The zero-order valence-electron chi connectivity index (χ0n) is 15.8. The largest absolute Gasteiger partial charge is 0.323 e. The van der Waals surface area contributed by atoms with E-state index in [1.165, 1.54) is 22.9 Å². The first-order valence-electron chi connectivity index (χ1n) is 9.24. The van der Waals surface area contributed by atoms with Crippen molar-refractivity contribution in [2.45, 2.75) is 6.42 Å². The van der Waals surface area contributed by atoms with Gasteiger partial charge in [0.15, 0.2) is 0 Å². The lowest BCUT2D eigenvalue weighted by molar-refractivity contribution is -0.385. The lowest BCUT2D eigenvalue weighted by Crippen LogP contribution is -2.07. The van der Waals surface area contributed by atoms with Crippen LogP contribution in [0.15, 0.2) is 78.9 Å². The van der Waals surface area contributed by atoms with Gasteiger partial charge >= 0.3 is 0 Å². The van der Waals surface area contributed by atoms with Gasteiger partial charge in [-0.25, -0.2) is 4.98 Å². The van der Waals surface area contributed by atoms with E-state index in [9.17, 15) is 14.9 Å². The molecule has 4 rings (SSSR count). The molecular weight excluding hydrogens is 398 g/mol. The maximum Gasteiger partial charge on any atom is 0.276 e. The van der Waals surface area contributed by atoms with Gasteiger partial charge in [0.25, 0.3) is 5.69 Å². The smallest absolute Gasteiger partial charge is 0.276 e. The number of carbonyl (C=O) groups excluding carboxylic acids is 1. The van der Waals surface area contributed by atoms with Crippen LogP contribution in [0.25, 0.3) is 16.3 Å². The Balaban J connectivity index is 1.39. The monoisotopic (exact) mass is 415 g/mol. The average Bonchev–Trinajstić information content (AvgIpc) is 3.16. The molecule has 1 amide bonds. The predicted molar refractivity (Wildman–Crippen MR) is 120 cm³/mol. The zero-order valence-corrected chi connectivity index (χ0v) is 16.6. The second-order valence-corrected chi connectivity index (χ2v) is 7.70. The van der Waals surface area contributed by atoms with E-state index in [1.807, 2.05) is 42.5 Å². The zero-order chi connectivity index (χ0) is 20.9. The summed E-state index contributed by atoms with van der Waals surface area (Å²) < 4.78 is 1.17. The summed E-state index contributed by atoms with van der Waals surface area (Å²) in [7, 11) is 0. The predicted octanol–water partition coefficient (Wildman–Crippen LogP) is 5.45. The van der Waals surface area contributed by atoms with Crippen molar-refractivity contribution in [3.63, 3.8) is 0 Å². The fourth-order valence-corrected chi connectivity index (χ4v) is 4.02. The average molecular weight is 415 g/mol. The number of rotatable bonds is 6. The summed E-state index contributed by atoms with van der Waals surface area (Å²) in [6.45, 7) is 0. The summed E-state index contributed by atoms with van der Waals surface area (Å²) >= 11 is 1.68. The van der Waals surface area contributed by atoms with E-state index in [-0.39, 0.29) is 11.6 Å². The molecule has 0 aliphatic rings. The van der Waals surface area contributed by atoms with Gasteiger partial charge in [-0.2, -0.15) is 0 Å². The molecule has 0 spiro atoms. The van der Waals surface area contributed by atoms with Crippen LogP contribution in [0.3, 0.4) is 0 Å². The molecule has 0 radical (unpaired) electrons. The SMILES string of the molecule is O=C(C=Cc1ccccc1[N+](=O)[O-])Nc1ccc(Cc2nc3ccccc3s2)cc1. The highest BCUT2D eigenvalue weighted by Gasteiger charge is 2.10. The maximum absolute atomic E-state index is 12.2. The number of hydrogen-bond acceptors (Lipinski definition) is 5. The van der Waals surface area contributed by atoms with Crippen LogP contribution >= 0.6 is 11.3 Å². The van der Waals surface area contributed by atoms with Gasteiger partial charge in [-0.3, -0.25) is 14.9 Å². The minimum Gasteiger partial charge on any atom is -0.323 e. The van der Waals surface area contributed by atoms with Crippen LogP contribution in [-0.4, -0.2) is 15.8 Å². The van der Waals surface area contributed by atoms with Gasteiger partial charge in [-0.1, -0.05) is 36.4 Å². The molecule has 0 fully saturated rings. The van der Waals surface area contributed by atoms with Gasteiger partial charge in [0.05, 0.1) is 25.7 Å². The van der Waals surface area contributed by atoms with E-state index in [1.54, 1.807) is 29.5 Å². The van der Waals surface area contributed by atoms with Crippen molar-refractivity contribution in [1.29, 1.82) is 0 Å². The Morgan fingerprint density at radius 3 is 2.53 bits per heavy atom. The minimum atomic E-state index is -0.470. The van der Waals surface area contributed by atoms with E-state index in [2.05, 4.69) is 16.4 Å². The molecule has 6 nitrogen and oxygen atoms in total. The number of fused-ring (bicyclic) bond motifs is 1. The summed E-state index contributed by atoms with van der Waals surface area (Å²) in [5.74, 6) is -0.355. The van der Waals surface area contributed by atoms with Crippen molar-refractivity contribution in [3.05, 3.63) is 105 Å². The molecule has 0 unspecified atom stereocenters. The topological polar surface area (TPSA) is 85.1 Å². The summed E-state index contributed by atoms with van der Waals surface area (Å²) in [6.07, 6.45) is 3.46. The highest BCUT2D eigenvalue weighted by molar-refractivity contribution is 7.18. The van der Waals surface area contributed by atoms with Crippen LogP contribution in [0.4, 0.5) is 11.4 Å². The Bertz CT molecular complexity index is 1210. The summed E-state index contributed by atoms with van der Waals surface area (Å²) in [5.41, 5.74) is 3.10. The first-order valence-corrected chi connectivity index (χ1v) is 10.1. The van der Waals surface area contributed by atoms with E-state index in [0.29, 0.717) is 11.3 Å². The number of benzene rings is 3. The Morgan fingerprint density at radius 1 is 1.03 bits per heavy atom. The van der Waals surface area contributed by atoms with Crippen molar-refractivity contribution in [1.82, 2.24) is 4.98 Å². The number of para-hydroxylation sites is 2. The summed E-state index contributed by atoms with van der Waals surface area (Å²) in [5, 5.41) is 14.8. The van der Waals surface area contributed by atoms with Gasteiger partial charge in [0, 0.05) is 24.3 Å². The molecule has 7 heteroatoms. The number of nitrogens with zero attached hydrogens (tertiary/aromatic N) is 2. The molecule has 4 aromatic rings. The van der Waals surface area contributed by atoms with Crippen molar-refractivity contribution in [3.8, 4) is 0 Å². The first-order chi connectivity index (χ1) is 14.6. The van der Waals surface area contributed by atoms with Gasteiger partial charge in [-0.05, 0) is 42.0 Å². The fourth-order valence-electron chi connectivity index (χ4n) is 3.02. The van der Waals surface area contributed by atoms with E-state index < -0.39 is 4.92 Å². The number of amides is 1. The first kappa shape index (κ1) is 19.5. The van der Waals surface area contributed by atoms with E-state index in [0.717, 1.165) is 22.5 Å². The van der Waals surface area contributed by atoms with Gasteiger partial charge < -0.3 is 5.32 Å². The lowest BCUT2D eigenvalue weighted by Gasteiger charge is -2.04. The lowest BCUT2D eigenvalue weighted by atomic mass is 10.1. The quantitative estimate of drug-likeness (QED) is 0.258. The molecule has 0 bridgehead atoms. The highest BCUT2D eigenvalue weighted by Crippen LogP contribution is 2.24. The summed E-state index contributed by atoms with van der Waals surface area (Å²) in [4.78, 5) is 27.4. The molecular formula is C23H17N3O3S. The van der Waals surface area contributed by atoms with Crippen molar-refractivity contribution >= 4 is 44.9 Å². The molecule has 0 aliphatic carbocycles. The highest BCUT2D eigenvalue weighted by atomic mass is 32.1. The number of thiazole rings is 1. The Hall–Kier alpha value is -3.84. The van der Waals surface area contributed by atoms with Gasteiger partial charge in [0.1, 0.15) is 0 Å². The van der Waals surface area contributed by atoms with Crippen LogP contribution in [-0.2, 0) is 11.2 Å². The number of aromatic nitrogens is 1. The van der Waals surface area contributed by atoms with E-state index in [4.69, 9.17) is 0 Å². The van der Waals surface area contributed by atoms with Gasteiger partial charge in [-0.15, -0.1) is 11.3 Å². The van der Waals surface area contributed by atoms with E-state index >= 15 is 0 Å². The fraction of sp³-hybridized carbons (Fsp3) is 0.0435. The molecule has 0 atom stereocenters. The molecule has 0 aliphatic heterocycles. The maximum atomic E-state index is 12.2. The van der Waals surface area contributed by atoms with Crippen LogP contribution in [0.2, 0.25) is 0 Å². The third-order valence-corrected chi connectivity index (χ3v) is 5.50. The molecule has 0 saturated heterocycles. The second-order valence-electron chi connectivity index (χ2n) is 6.59. The van der Waals surface area contributed by atoms with Crippen LogP contribution in [0, 0.1) is 10.1 Å². The molecule has 3 aromatic carbocycles. The van der Waals surface area contributed by atoms with Crippen LogP contribution in [0.1, 0.15) is 16.1 Å². The third-order valence-electron chi connectivity index (χ3n) is 4.46. The molecule has 1 N–H and O–H groups in total. The number of nitro groups is 1. The molecule has 0 saturated carbocycles. The number of nitro benzene ring substituents is 1. The van der Waals surface area contributed by atoms with Crippen molar-refractivity contribution < 1.29 is 9.72 Å². The number of anilines is 1. The summed E-state index contributed by atoms with van der Waals surface area (Å²) in [6, 6.07) is 21.9. The Morgan fingerprint density at radius 2 is 1.77 bits per heavy atom. The van der Waals surface area contributed by atoms with Gasteiger partial charge in [0.2, 0.25) is 5.91 Å². The second kappa shape index (κ2) is 8.67. The Labute approximate surface area is 176 Å². The molecule has 148 valence electrons. The molecule has 1 heterocycles. The number of carbonyl (C=O) groups is 1. The van der Waals surface area contributed by atoms with Crippen molar-refractivity contribution in [2.24, 2.45) is 0 Å². The minimum absolute atomic E-state index is 0.0410. The van der Waals surface area contributed by atoms with Crippen LogP contribution in [0.5, 0.6) is 0 Å².